The average molecular weight is 1350 g/mol. The summed E-state index contributed by atoms with van der Waals surface area (Å²) in [7, 11) is 3.22. The highest BCUT2D eigenvalue weighted by molar-refractivity contribution is 6.02. The molecular formula is C64H50Al6F3N13O8. The van der Waals surface area contributed by atoms with Crippen LogP contribution in [-0.4, -0.2) is 174 Å². The van der Waals surface area contributed by atoms with Gasteiger partial charge in [-0.15, -0.1) is 0 Å². The van der Waals surface area contributed by atoms with Gasteiger partial charge in [0.05, 0.1) is 107 Å². The van der Waals surface area contributed by atoms with Gasteiger partial charge in [0.1, 0.15) is 69.2 Å². The minimum atomic E-state index is -0.764. The SMILES string of the molecule is COc1ccc(-c2cnccc2[O][AlH])nc1.COc1ccc(-c2ncccc2[O][AlH])nc1.Cc1ccc(-c2cnccc2[O][AlH])nc1.Fc1ccc(-c2ncccc2[O][AlH])nc1.Fc1cnc(-c2ncccc2[O][AlH])c(F)c1.N#Cc1ccc(-c2cnccc2[O][AlH])nc1. The van der Waals surface area contributed by atoms with E-state index in [2.05, 4.69) is 59.8 Å². The summed E-state index contributed by atoms with van der Waals surface area (Å²) < 4.78 is 80.2. The van der Waals surface area contributed by atoms with Gasteiger partial charge in [-0.3, -0.25) is 54.8 Å². The van der Waals surface area contributed by atoms with Gasteiger partial charge < -0.3 is 32.2 Å². The van der Waals surface area contributed by atoms with Crippen LogP contribution in [0.25, 0.3) is 67.9 Å². The van der Waals surface area contributed by atoms with Crippen LogP contribution in [-0.2, 0) is 0 Å². The zero-order chi connectivity index (χ0) is 67.0. The van der Waals surface area contributed by atoms with E-state index < -0.39 is 11.6 Å². The van der Waals surface area contributed by atoms with Crippen LogP contribution in [0.4, 0.5) is 13.2 Å². The number of pyridine rings is 12. The quantitative estimate of drug-likeness (QED) is 0.0923. The summed E-state index contributed by atoms with van der Waals surface area (Å²) in [4.78, 5) is 49.2. The molecule has 0 aromatic carbocycles. The molecule has 6 radical (unpaired) electrons. The Morgan fingerprint density at radius 2 is 0.745 bits per heavy atom. The third-order valence-corrected chi connectivity index (χ3v) is 14.3. The number of aryl methyl sites for hydroxylation is 1. The lowest BCUT2D eigenvalue weighted by molar-refractivity contribution is 0.413. The molecule has 0 unspecified atom stereocenters. The number of halogens is 3. The van der Waals surface area contributed by atoms with Crippen LogP contribution < -0.4 is 32.2 Å². The molecule has 0 spiro atoms. The van der Waals surface area contributed by atoms with E-state index >= 15 is 0 Å². The third kappa shape index (κ3) is 21.1. The van der Waals surface area contributed by atoms with Gasteiger partial charge in [0.25, 0.3) is 0 Å². The lowest BCUT2D eigenvalue weighted by Gasteiger charge is -2.08. The first-order valence-corrected chi connectivity index (χ1v) is 30.8. The minimum absolute atomic E-state index is 0.0244. The second-order valence-electron chi connectivity index (χ2n) is 18.3. The fourth-order valence-electron chi connectivity index (χ4n) is 7.84. The van der Waals surface area contributed by atoms with E-state index in [1.54, 1.807) is 125 Å². The first-order chi connectivity index (χ1) is 45.9. The first kappa shape index (κ1) is 72.1. The van der Waals surface area contributed by atoms with E-state index in [0.29, 0.717) is 28.5 Å². The van der Waals surface area contributed by atoms with Gasteiger partial charge in [-0.2, -0.15) is 5.26 Å². The Balaban J connectivity index is 0.000000160. The molecule has 458 valence electrons. The van der Waals surface area contributed by atoms with Crippen LogP contribution >= 0.6 is 0 Å². The average Bonchev–Trinajstić information content (AvgIpc) is 1.05. The van der Waals surface area contributed by atoms with Crippen molar-refractivity contribution in [1.82, 2.24) is 59.8 Å². The van der Waals surface area contributed by atoms with Crippen LogP contribution in [0.5, 0.6) is 46.0 Å². The highest BCUT2D eigenvalue weighted by atomic mass is 27.1. The lowest BCUT2D eigenvalue weighted by atomic mass is 10.1. The molecule has 0 amide bonds. The van der Waals surface area contributed by atoms with Gasteiger partial charge in [0, 0.05) is 74.2 Å². The van der Waals surface area contributed by atoms with Gasteiger partial charge in [0.15, 0.2) is 5.82 Å². The van der Waals surface area contributed by atoms with E-state index in [4.69, 9.17) is 37.5 Å². The molecular weight excluding hydrogens is 1300 g/mol. The molecule has 0 saturated heterocycles. The Kier molecular flexibility index (Phi) is 29.6. The third-order valence-electron chi connectivity index (χ3n) is 12.4. The second kappa shape index (κ2) is 38.6. The van der Waals surface area contributed by atoms with Crippen molar-refractivity contribution in [3.05, 3.63) is 243 Å². The number of aromatic nitrogens is 12. The molecule has 21 nitrogen and oxygen atoms in total. The Hall–Kier alpha value is -9.33. The molecule has 0 N–H and O–H groups in total. The number of hydrogen-bond acceptors (Lipinski definition) is 21. The molecule has 12 heterocycles. The maximum absolute atomic E-state index is 13.5. The van der Waals surface area contributed by atoms with Crippen LogP contribution in [0.3, 0.4) is 0 Å². The molecule has 94 heavy (non-hydrogen) atoms. The Bertz CT molecular complexity index is 4180. The molecule has 0 saturated carbocycles. The number of ether oxygens (including phenoxy) is 2. The summed E-state index contributed by atoms with van der Waals surface area (Å²) >= 11 is 8.32. The number of nitrogens with zero attached hydrogens (tertiary/aromatic N) is 13. The molecule has 12 aromatic rings. The van der Waals surface area contributed by atoms with Crippen molar-refractivity contribution in [3.8, 4) is 120 Å². The minimum Gasteiger partial charge on any atom is -0.650 e. The Morgan fingerprint density at radius 3 is 1.12 bits per heavy atom. The van der Waals surface area contributed by atoms with Crippen molar-refractivity contribution >= 4 is 99.7 Å². The molecule has 0 aliphatic rings. The van der Waals surface area contributed by atoms with Gasteiger partial charge in [-0.25, -0.2) is 18.2 Å². The first-order valence-electron chi connectivity index (χ1n) is 27.3. The fraction of sp³-hybridized carbons (Fsp3) is 0.0469. The molecule has 12 rings (SSSR count). The zero-order valence-electron chi connectivity index (χ0n) is 50.7. The lowest BCUT2D eigenvalue weighted by Crippen LogP contribution is -1.97. The zero-order valence-corrected chi connectivity index (χ0v) is 59.1. The van der Waals surface area contributed by atoms with E-state index in [0.717, 1.165) is 104 Å². The summed E-state index contributed by atoms with van der Waals surface area (Å²) in [5.41, 5.74) is 9.69. The number of rotatable bonds is 14. The maximum atomic E-state index is 13.5. The number of methoxy groups -OCH3 is 2. The van der Waals surface area contributed by atoms with Crippen LogP contribution in [0.2, 0.25) is 0 Å². The van der Waals surface area contributed by atoms with Crippen molar-refractivity contribution in [3.63, 3.8) is 0 Å². The smallest absolute Gasteiger partial charge is 0.494 e. The second-order valence-corrected chi connectivity index (χ2v) is 20.0. The van der Waals surface area contributed by atoms with E-state index in [1.165, 1.54) is 118 Å². The monoisotopic (exact) mass is 1350 g/mol. The molecule has 0 aliphatic carbocycles. The van der Waals surface area contributed by atoms with Gasteiger partial charge in [-0.1, -0.05) is 6.07 Å². The largest absolute Gasteiger partial charge is 0.650 e. The highest BCUT2D eigenvalue weighted by Gasteiger charge is 2.15. The van der Waals surface area contributed by atoms with Gasteiger partial charge in [0.2, 0.25) is 0 Å². The number of hydrogen-bond donors (Lipinski definition) is 0. The Labute approximate surface area is 589 Å². The molecule has 30 heteroatoms. The van der Waals surface area contributed by atoms with Crippen molar-refractivity contribution in [2.75, 3.05) is 14.2 Å². The summed E-state index contributed by atoms with van der Waals surface area (Å²) in [5.74, 6) is 3.66. The van der Waals surface area contributed by atoms with Crippen LogP contribution in [0, 0.1) is 35.7 Å². The van der Waals surface area contributed by atoms with E-state index in [-0.39, 0.29) is 17.2 Å². The van der Waals surface area contributed by atoms with Crippen molar-refractivity contribution < 1.29 is 45.4 Å². The van der Waals surface area contributed by atoms with Crippen molar-refractivity contribution in [2.24, 2.45) is 0 Å². The summed E-state index contributed by atoms with van der Waals surface area (Å²) in [5, 5.41) is 8.67. The normalized spacial score (nSPS) is 9.84. The highest BCUT2D eigenvalue weighted by Crippen LogP contribution is 2.32. The topological polar surface area (TPSA) is 252 Å². The molecule has 0 bridgehead atoms. The van der Waals surface area contributed by atoms with E-state index in [1.807, 2.05) is 79.9 Å². The van der Waals surface area contributed by atoms with Crippen molar-refractivity contribution in [2.45, 2.75) is 6.92 Å². The molecule has 0 fully saturated rings. The van der Waals surface area contributed by atoms with Crippen molar-refractivity contribution in [1.29, 1.82) is 5.26 Å². The molecule has 0 atom stereocenters. The van der Waals surface area contributed by atoms with Crippen LogP contribution in [0.1, 0.15) is 11.1 Å². The summed E-state index contributed by atoms with van der Waals surface area (Å²) in [6, 6.07) is 36.6. The van der Waals surface area contributed by atoms with E-state index in [9.17, 15) is 13.2 Å². The predicted octanol–water partition coefficient (Wildman–Crippen LogP) is 8.64. The van der Waals surface area contributed by atoms with Crippen LogP contribution in [0.15, 0.2) is 214 Å². The summed E-state index contributed by atoms with van der Waals surface area (Å²) in [6.07, 6.45) is 23.9. The summed E-state index contributed by atoms with van der Waals surface area (Å²) in [6.45, 7) is 2.01. The predicted molar refractivity (Wildman–Crippen MR) is 354 cm³/mol. The fourth-order valence-corrected chi connectivity index (χ4v) is 9.29. The van der Waals surface area contributed by atoms with Gasteiger partial charge in [-0.05, 0) is 122 Å². The standard InChI is InChI=1S/C11H7N3O.2C11H10N2O2.C11H10N2O.C10H6F2N2O.C10H7FN2O.6Al.6H/c12-5-8-1-2-10(14-6-8)9-7-13-4-3-11(9)15;1-15-8-2-3-10(13-6-8)9-7-12-5-4-11(9)14;1-15-8-4-5-9(13-7-8)11-10(14)3-2-6-12-11;1-8-2-3-10(13-6-8)9-7-12-5-4-11(9)14;11-6-4-7(12)9(14-5-6)10-8(15)2-1-3-13-10;11-7-3-4-8(13-6-7)10-9(14)2-1-5-12-10;;;;;;;;;;;;/h1-4,6-7H,(H,13,15);2-7H,1H3,(H,12,14);2-7,14H,1H3;2-7H,1H3,(H,12,14);1-5,15H;1-6,14H;;;;;;;;;;;;/q;;;;;;6*+1;;;;;;/p-6. The Morgan fingerprint density at radius 1 is 0.351 bits per heavy atom. The molecule has 12 aromatic heterocycles. The number of nitriles is 1. The molecule has 0 aliphatic heterocycles. The van der Waals surface area contributed by atoms with Gasteiger partial charge >= 0.3 is 99.7 Å². The maximum Gasteiger partial charge on any atom is 0.494 e.